The minimum atomic E-state index is 0.658. The van der Waals surface area contributed by atoms with Crippen molar-refractivity contribution in [3.05, 3.63) is 0 Å². The maximum absolute atomic E-state index is 3.55. The highest BCUT2D eigenvalue weighted by atomic mass is 15.3. The summed E-state index contributed by atoms with van der Waals surface area (Å²) in [5.74, 6) is 0. The van der Waals surface area contributed by atoms with E-state index in [1.165, 1.54) is 51.9 Å². The molecule has 1 N–H and O–H groups in total. The zero-order valence-corrected chi connectivity index (χ0v) is 13.8. The largest absolute Gasteiger partial charge is 0.315 e. The second kappa shape index (κ2) is 8.93. The Labute approximate surface area is 120 Å². The fraction of sp³-hybridized carbons (Fsp3) is 1.00. The second-order valence-corrected chi connectivity index (χ2v) is 5.82. The van der Waals surface area contributed by atoms with Gasteiger partial charge in [-0.15, -0.1) is 0 Å². The summed E-state index contributed by atoms with van der Waals surface area (Å²) < 4.78 is 0. The SMILES string of the molecule is CCCC(NC)C(CC)N1CCC(N(CC)CC)C1. The molecule has 114 valence electrons. The first-order chi connectivity index (χ1) is 9.21. The van der Waals surface area contributed by atoms with Gasteiger partial charge in [0.2, 0.25) is 0 Å². The molecule has 3 heteroatoms. The molecular weight excluding hydrogens is 234 g/mol. The monoisotopic (exact) mass is 269 g/mol. The van der Waals surface area contributed by atoms with E-state index in [1.54, 1.807) is 0 Å². The molecule has 19 heavy (non-hydrogen) atoms. The quantitative estimate of drug-likeness (QED) is 0.694. The molecule has 1 saturated heterocycles. The van der Waals surface area contributed by atoms with Gasteiger partial charge in [-0.25, -0.2) is 0 Å². The van der Waals surface area contributed by atoms with Crippen molar-refractivity contribution in [1.29, 1.82) is 0 Å². The Balaban J connectivity index is 2.59. The molecule has 0 aliphatic carbocycles. The van der Waals surface area contributed by atoms with E-state index in [1.807, 2.05) is 0 Å². The molecule has 3 atom stereocenters. The lowest BCUT2D eigenvalue weighted by molar-refractivity contribution is 0.157. The van der Waals surface area contributed by atoms with Crippen LogP contribution in [0.4, 0.5) is 0 Å². The highest BCUT2D eigenvalue weighted by molar-refractivity contribution is 4.90. The van der Waals surface area contributed by atoms with Crippen LogP contribution in [0.1, 0.15) is 53.4 Å². The van der Waals surface area contributed by atoms with Crippen molar-refractivity contribution in [2.75, 3.05) is 33.2 Å². The molecule has 0 aromatic rings. The summed E-state index contributed by atoms with van der Waals surface area (Å²) in [6, 6.07) is 2.15. The van der Waals surface area contributed by atoms with Gasteiger partial charge < -0.3 is 5.32 Å². The lowest BCUT2D eigenvalue weighted by Crippen LogP contribution is -2.49. The van der Waals surface area contributed by atoms with Crippen LogP contribution < -0.4 is 5.32 Å². The molecule has 3 unspecified atom stereocenters. The predicted octanol–water partition coefficient (Wildman–Crippen LogP) is 2.57. The first kappa shape index (κ1) is 16.9. The van der Waals surface area contributed by atoms with Crippen molar-refractivity contribution in [2.45, 2.75) is 71.5 Å². The molecule has 1 heterocycles. The van der Waals surface area contributed by atoms with E-state index < -0.39 is 0 Å². The van der Waals surface area contributed by atoms with Gasteiger partial charge in [0.15, 0.2) is 0 Å². The molecule has 1 rings (SSSR count). The fourth-order valence-electron chi connectivity index (χ4n) is 3.74. The Kier molecular flexibility index (Phi) is 7.96. The van der Waals surface area contributed by atoms with Crippen LogP contribution in [0.2, 0.25) is 0 Å². The molecule has 0 aromatic carbocycles. The summed E-state index contributed by atoms with van der Waals surface area (Å²) in [5.41, 5.74) is 0. The smallest absolute Gasteiger partial charge is 0.0247 e. The minimum Gasteiger partial charge on any atom is -0.315 e. The van der Waals surface area contributed by atoms with E-state index in [0.29, 0.717) is 12.1 Å². The molecule has 1 aliphatic rings. The molecule has 0 aromatic heterocycles. The molecule has 1 aliphatic heterocycles. The number of hydrogen-bond donors (Lipinski definition) is 1. The van der Waals surface area contributed by atoms with Crippen LogP contribution in [-0.2, 0) is 0 Å². The predicted molar refractivity (Wildman–Crippen MR) is 84.7 cm³/mol. The third-order valence-corrected chi connectivity index (χ3v) is 4.85. The van der Waals surface area contributed by atoms with Crippen LogP contribution in [0.25, 0.3) is 0 Å². The van der Waals surface area contributed by atoms with E-state index in [9.17, 15) is 0 Å². The maximum atomic E-state index is 3.55. The average Bonchev–Trinajstić information content (AvgIpc) is 2.89. The van der Waals surface area contributed by atoms with E-state index in [4.69, 9.17) is 0 Å². The molecule has 0 radical (unpaired) electrons. The van der Waals surface area contributed by atoms with Crippen molar-refractivity contribution in [1.82, 2.24) is 15.1 Å². The second-order valence-electron chi connectivity index (χ2n) is 5.82. The van der Waals surface area contributed by atoms with E-state index in [-0.39, 0.29) is 0 Å². The molecule has 0 saturated carbocycles. The van der Waals surface area contributed by atoms with E-state index in [2.05, 4.69) is 49.9 Å². The molecular formula is C16H35N3. The lowest BCUT2D eigenvalue weighted by Gasteiger charge is -2.35. The van der Waals surface area contributed by atoms with Gasteiger partial charge in [-0.05, 0) is 39.4 Å². The van der Waals surface area contributed by atoms with Crippen molar-refractivity contribution in [3.63, 3.8) is 0 Å². The van der Waals surface area contributed by atoms with Crippen LogP contribution in [0.3, 0.4) is 0 Å². The lowest BCUT2D eigenvalue weighted by atomic mass is 10.00. The highest BCUT2D eigenvalue weighted by Crippen LogP contribution is 2.22. The zero-order chi connectivity index (χ0) is 14.3. The van der Waals surface area contributed by atoms with Crippen LogP contribution in [0, 0.1) is 0 Å². The zero-order valence-electron chi connectivity index (χ0n) is 13.8. The normalized spacial score (nSPS) is 24.0. The number of likely N-dealkylation sites (tertiary alicyclic amines) is 1. The van der Waals surface area contributed by atoms with Crippen LogP contribution >= 0.6 is 0 Å². The number of nitrogens with one attached hydrogen (secondary N) is 1. The Morgan fingerprint density at radius 1 is 1.21 bits per heavy atom. The number of hydrogen-bond acceptors (Lipinski definition) is 3. The average molecular weight is 269 g/mol. The van der Waals surface area contributed by atoms with Gasteiger partial charge in [-0.2, -0.15) is 0 Å². The molecule has 0 spiro atoms. The van der Waals surface area contributed by atoms with Gasteiger partial charge in [-0.1, -0.05) is 34.1 Å². The topological polar surface area (TPSA) is 18.5 Å². The standard InChI is InChI=1S/C16H35N3/c1-6-10-15(17-5)16(7-2)19-12-11-14(13-19)18(8-3)9-4/h14-17H,6-13H2,1-5H3. The van der Waals surface area contributed by atoms with Gasteiger partial charge in [0.25, 0.3) is 0 Å². The number of rotatable bonds is 9. The Morgan fingerprint density at radius 3 is 2.37 bits per heavy atom. The third-order valence-electron chi connectivity index (χ3n) is 4.85. The first-order valence-electron chi connectivity index (χ1n) is 8.36. The summed E-state index contributed by atoms with van der Waals surface area (Å²) in [6.45, 7) is 14.1. The fourth-order valence-corrected chi connectivity index (χ4v) is 3.74. The van der Waals surface area contributed by atoms with Gasteiger partial charge in [0, 0.05) is 31.2 Å². The molecule has 1 fully saturated rings. The minimum absolute atomic E-state index is 0.658. The maximum Gasteiger partial charge on any atom is 0.0247 e. The Hall–Kier alpha value is -0.120. The summed E-state index contributed by atoms with van der Waals surface area (Å²) in [6.07, 6.45) is 5.17. The Morgan fingerprint density at radius 2 is 1.89 bits per heavy atom. The summed E-state index contributed by atoms with van der Waals surface area (Å²) >= 11 is 0. The highest BCUT2D eigenvalue weighted by Gasteiger charge is 2.32. The number of likely N-dealkylation sites (N-methyl/N-ethyl adjacent to an activating group) is 2. The summed E-state index contributed by atoms with van der Waals surface area (Å²) in [5, 5.41) is 3.55. The van der Waals surface area contributed by atoms with Crippen LogP contribution in [0.15, 0.2) is 0 Å². The van der Waals surface area contributed by atoms with Gasteiger partial charge in [-0.3, -0.25) is 9.80 Å². The molecule has 0 bridgehead atoms. The summed E-state index contributed by atoms with van der Waals surface area (Å²) in [7, 11) is 2.13. The number of nitrogens with zero attached hydrogens (tertiary/aromatic N) is 2. The third kappa shape index (κ3) is 4.44. The van der Waals surface area contributed by atoms with Gasteiger partial charge >= 0.3 is 0 Å². The van der Waals surface area contributed by atoms with Crippen molar-refractivity contribution >= 4 is 0 Å². The Bertz CT molecular complexity index is 228. The first-order valence-corrected chi connectivity index (χ1v) is 8.36. The van der Waals surface area contributed by atoms with Crippen molar-refractivity contribution in [3.8, 4) is 0 Å². The summed E-state index contributed by atoms with van der Waals surface area (Å²) in [4.78, 5) is 5.36. The van der Waals surface area contributed by atoms with Crippen molar-refractivity contribution < 1.29 is 0 Å². The van der Waals surface area contributed by atoms with Crippen molar-refractivity contribution in [2.24, 2.45) is 0 Å². The van der Waals surface area contributed by atoms with Gasteiger partial charge in [0.05, 0.1) is 0 Å². The van der Waals surface area contributed by atoms with Gasteiger partial charge in [0.1, 0.15) is 0 Å². The molecule has 3 nitrogen and oxygen atoms in total. The molecule has 0 amide bonds. The van der Waals surface area contributed by atoms with Crippen LogP contribution in [0.5, 0.6) is 0 Å². The van der Waals surface area contributed by atoms with E-state index >= 15 is 0 Å². The van der Waals surface area contributed by atoms with Crippen LogP contribution in [-0.4, -0.2) is 61.2 Å². The van der Waals surface area contributed by atoms with E-state index in [0.717, 1.165) is 6.04 Å².